The molecule has 0 atom stereocenters. The highest BCUT2D eigenvalue weighted by Crippen LogP contribution is 2.35. The van der Waals surface area contributed by atoms with Crippen LogP contribution < -0.4 is 4.74 Å². The lowest BCUT2D eigenvalue weighted by Gasteiger charge is -2.09. The molecule has 0 aromatic heterocycles. The van der Waals surface area contributed by atoms with Crippen LogP contribution in [0.1, 0.15) is 0 Å². The molecule has 5 heteroatoms. The molecule has 0 radical (unpaired) electrons. The number of methoxy groups -OCH3 is 1. The summed E-state index contributed by atoms with van der Waals surface area (Å²) in [6.07, 6.45) is 1.94. The van der Waals surface area contributed by atoms with Gasteiger partial charge < -0.3 is 9.47 Å². The maximum absolute atomic E-state index is 5.98. The van der Waals surface area contributed by atoms with Crippen LogP contribution in [0.5, 0.6) is 5.75 Å². The standard InChI is InChI=1S/C9H10Cl2O2S/c1-12-5-13-8-3-7(11)9(14-2)4-6(8)10/h3-4H,5H2,1-2H3. The first-order valence-electron chi connectivity index (χ1n) is 3.83. The van der Waals surface area contributed by atoms with Crippen molar-refractivity contribution in [3.8, 4) is 5.75 Å². The Morgan fingerprint density at radius 1 is 1.29 bits per heavy atom. The lowest BCUT2D eigenvalue weighted by atomic mass is 10.3. The molecule has 0 unspecified atom stereocenters. The second-order valence-electron chi connectivity index (χ2n) is 2.47. The molecule has 0 spiro atoms. The molecule has 0 heterocycles. The molecule has 0 fully saturated rings. The minimum Gasteiger partial charge on any atom is -0.466 e. The molecule has 0 aliphatic carbocycles. The summed E-state index contributed by atoms with van der Waals surface area (Å²) < 4.78 is 9.99. The molecule has 0 amide bonds. The van der Waals surface area contributed by atoms with Gasteiger partial charge in [-0.15, -0.1) is 11.8 Å². The number of ether oxygens (including phenoxy) is 2. The number of thioether (sulfide) groups is 1. The van der Waals surface area contributed by atoms with Gasteiger partial charge in [-0.3, -0.25) is 0 Å². The number of rotatable bonds is 4. The van der Waals surface area contributed by atoms with Crippen molar-refractivity contribution in [2.24, 2.45) is 0 Å². The minimum absolute atomic E-state index is 0.161. The zero-order valence-corrected chi connectivity index (χ0v) is 10.2. The zero-order chi connectivity index (χ0) is 10.6. The average Bonchev–Trinajstić information content (AvgIpc) is 2.18. The molecule has 14 heavy (non-hydrogen) atoms. The molecule has 0 N–H and O–H groups in total. The highest BCUT2D eigenvalue weighted by atomic mass is 35.5. The van der Waals surface area contributed by atoms with E-state index in [1.165, 1.54) is 11.8 Å². The third kappa shape index (κ3) is 2.95. The fourth-order valence-corrected chi connectivity index (χ4v) is 2.06. The Bertz CT molecular complexity index is 318. The largest absolute Gasteiger partial charge is 0.466 e. The Kier molecular flexibility index (Phi) is 4.89. The van der Waals surface area contributed by atoms with E-state index >= 15 is 0 Å². The van der Waals surface area contributed by atoms with Gasteiger partial charge in [-0.2, -0.15) is 0 Å². The number of halogens is 2. The second kappa shape index (κ2) is 5.71. The number of hydrogen-bond donors (Lipinski definition) is 0. The van der Waals surface area contributed by atoms with Gasteiger partial charge in [-0.05, 0) is 12.3 Å². The van der Waals surface area contributed by atoms with E-state index in [0.717, 1.165) is 4.90 Å². The van der Waals surface area contributed by atoms with Gasteiger partial charge in [-0.1, -0.05) is 23.2 Å². The van der Waals surface area contributed by atoms with Crippen molar-refractivity contribution in [3.63, 3.8) is 0 Å². The van der Waals surface area contributed by atoms with E-state index < -0.39 is 0 Å². The van der Waals surface area contributed by atoms with Gasteiger partial charge in [0.05, 0.1) is 10.0 Å². The minimum atomic E-state index is 0.161. The first-order valence-corrected chi connectivity index (χ1v) is 5.82. The molecule has 0 bridgehead atoms. The lowest BCUT2D eigenvalue weighted by Crippen LogP contribution is -1.99. The van der Waals surface area contributed by atoms with Gasteiger partial charge in [-0.25, -0.2) is 0 Å². The highest BCUT2D eigenvalue weighted by Gasteiger charge is 2.07. The van der Waals surface area contributed by atoms with Crippen LogP contribution in [0.2, 0.25) is 10.0 Å². The maximum Gasteiger partial charge on any atom is 0.188 e. The molecular weight excluding hydrogens is 243 g/mol. The summed E-state index contributed by atoms with van der Waals surface area (Å²) in [6, 6.07) is 3.47. The number of benzene rings is 1. The Morgan fingerprint density at radius 3 is 2.57 bits per heavy atom. The first kappa shape index (κ1) is 12.0. The summed E-state index contributed by atoms with van der Waals surface area (Å²) in [5.74, 6) is 0.538. The van der Waals surface area contributed by atoms with Crippen molar-refractivity contribution in [3.05, 3.63) is 22.2 Å². The van der Waals surface area contributed by atoms with Crippen LogP contribution >= 0.6 is 35.0 Å². The van der Waals surface area contributed by atoms with Gasteiger partial charge in [0.1, 0.15) is 5.75 Å². The molecule has 2 nitrogen and oxygen atoms in total. The van der Waals surface area contributed by atoms with Gasteiger partial charge in [0.15, 0.2) is 6.79 Å². The summed E-state index contributed by atoms with van der Waals surface area (Å²) in [5.41, 5.74) is 0. The molecule has 0 saturated carbocycles. The SMILES string of the molecule is COCOc1cc(Cl)c(SC)cc1Cl. The van der Waals surface area contributed by atoms with E-state index in [4.69, 9.17) is 32.7 Å². The van der Waals surface area contributed by atoms with Gasteiger partial charge in [0.25, 0.3) is 0 Å². The van der Waals surface area contributed by atoms with Gasteiger partial charge >= 0.3 is 0 Å². The van der Waals surface area contributed by atoms with Crippen molar-refractivity contribution in [2.45, 2.75) is 4.90 Å². The van der Waals surface area contributed by atoms with Crippen molar-refractivity contribution >= 4 is 35.0 Å². The van der Waals surface area contributed by atoms with Gasteiger partial charge in [0.2, 0.25) is 0 Å². The Hall–Kier alpha value is -0.0900. The Balaban J connectivity index is 2.90. The summed E-state index contributed by atoms with van der Waals surface area (Å²) in [5, 5.41) is 1.17. The van der Waals surface area contributed by atoms with Crippen molar-refractivity contribution in [2.75, 3.05) is 20.2 Å². The van der Waals surface area contributed by atoms with Crippen LogP contribution in [0.25, 0.3) is 0 Å². The molecule has 1 aromatic rings. The predicted octanol–water partition coefficient (Wildman–Crippen LogP) is 3.70. The summed E-state index contributed by atoms with van der Waals surface area (Å²) >= 11 is 13.5. The van der Waals surface area contributed by atoms with Crippen LogP contribution in [-0.2, 0) is 4.74 Å². The first-order chi connectivity index (χ1) is 6.69. The second-order valence-corrected chi connectivity index (χ2v) is 4.13. The van der Waals surface area contributed by atoms with Crippen LogP contribution in [0.3, 0.4) is 0 Å². The molecule has 1 rings (SSSR count). The van der Waals surface area contributed by atoms with E-state index in [0.29, 0.717) is 15.8 Å². The summed E-state index contributed by atoms with van der Waals surface area (Å²) in [6.45, 7) is 0.161. The maximum atomic E-state index is 5.98. The summed E-state index contributed by atoms with van der Waals surface area (Å²) in [7, 11) is 1.55. The molecule has 0 aliphatic rings. The Labute approximate surface area is 97.5 Å². The highest BCUT2D eigenvalue weighted by molar-refractivity contribution is 7.98. The van der Waals surface area contributed by atoms with Crippen molar-refractivity contribution in [1.82, 2.24) is 0 Å². The van der Waals surface area contributed by atoms with E-state index in [-0.39, 0.29) is 6.79 Å². The fourth-order valence-electron chi connectivity index (χ4n) is 0.900. The molecule has 1 aromatic carbocycles. The van der Waals surface area contributed by atoms with E-state index in [1.54, 1.807) is 19.2 Å². The monoisotopic (exact) mass is 252 g/mol. The number of hydrogen-bond acceptors (Lipinski definition) is 3. The van der Waals surface area contributed by atoms with Gasteiger partial charge in [0, 0.05) is 18.1 Å². The van der Waals surface area contributed by atoms with E-state index in [2.05, 4.69) is 0 Å². The zero-order valence-electron chi connectivity index (χ0n) is 7.84. The molecular formula is C9H10Cl2O2S. The Morgan fingerprint density at radius 2 is 2.00 bits per heavy atom. The molecule has 0 aliphatic heterocycles. The molecule has 0 saturated heterocycles. The normalized spacial score (nSPS) is 10.3. The smallest absolute Gasteiger partial charge is 0.188 e. The summed E-state index contributed by atoms with van der Waals surface area (Å²) in [4.78, 5) is 0.932. The third-order valence-electron chi connectivity index (χ3n) is 1.54. The quantitative estimate of drug-likeness (QED) is 0.602. The van der Waals surface area contributed by atoms with Crippen LogP contribution in [0, 0.1) is 0 Å². The van der Waals surface area contributed by atoms with Crippen LogP contribution in [-0.4, -0.2) is 20.2 Å². The third-order valence-corrected chi connectivity index (χ3v) is 3.04. The van der Waals surface area contributed by atoms with Crippen LogP contribution in [0.15, 0.2) is 17.0 Å². The lowest BCUT2D eigenvalue weighted by molar-refractivity contribution is 0.0512. The average molecular weight is 253 g/mol. The fraction of sp³-hybridized carbons (Fsp3) is 0.333. The van der Waals surface area contributed by atoms with Crippen molar-refractivity contribution < 1.29 is 9.47 Å². The van der Waals surface area contributed by atoms with E-state index in [9.17, 15) is 0 Å². The molecule has 78 valence electrons. The van der Waals surface area contributed by atoms with Crippen LogP contribution in [0.4, 0.5) is 0 Å². The van der Waals surface area contributed by atoms with E-state index in [1.807, 2.05) is 6.26 Å². The van der Waals surface area contributed by atoms with Crippen molar-refractivity contribution in [1.29, 1.82) is 0 Å². The topological polar surface area (TPSA) is 18.5 Å². The predicted molar refractivity (Wildman–Crippen MR) is 60.7 cm³/mol.